The van der Waals surface area contributed by atoms with Gasteiger partial charge in [0.05, 0.1) is 12.2 Å². The highest BCUT2D eigenvalue weighted by Crippen LogP contribution is 2.69. The number of rotatable bonds is 9. The fraction of sp³-hybridized carbons (Fsp3) is 0.967. The first-order valence-corrected chi connectivity index (χ1v) is 15.2. The van der Waals surface area contributed by atoms with Gasteiger partial charge in [-0.3, -0.25) is 0 Å². The van der Waals surface area contributed by atoms with Crippen molar-refractivity contribution in [2.24, 2.45) is 39.7 Å². The molecule has 4 saturated carbocycles. The summed E-state index contributed by atoms with van der Waals surface area (Å²) in [6.45, 7) is 10.1. The minimum absolute atomic E-state index is 0.139. The summed E-state index contributed by atoms with van der Waals surface area (Å²) < 4.78 is 6.18. The molecule has 37 heavy (non-hydrogen) atoms. The number of hydrogen-bond acceptors (Lipinski definition) is 7. The molecule has 0 aromatic carbocycles. The fourth-order valence-electron chi connectivity index (χ4n) is 9.35. The molecule has 0 spiro atoms. The molecule has 5 fully saturated rings. The molecule has 8 atom stereocenters. The predicted molar refractivity (Wildman–Crippen MR) is 146 cm³/mol. The van der Waals surface area contributed by atoms with Gasteiger partial charge < -0.3 is 29.6 Å². The summed E-state index contributed by atoms with van der Waals surface area (Å²) in [4.78, 5) is 10.1. The Labute approximate surface area is 224 Å². The first-order valence-electron chi connectivity index (χ1n) is 15.2. The summed E-state index contributed by atoms with van der Waals surface area (Å²) in [5.74, 6) is 0.617. The topological polar surface area (TPSA) is 77.8 Å². The zero-order chi connectivity index (χ0) is 26.3. The van der Waals surface area contributed by atoms with Gasteiger partial charge >= 0.3 is 0 Å². The van der Waals surface area contributed by atoms with Crippen LogP contribution in [-0.2, 0) is 9.57 Å². The van der Waals surface area contributed by atoms with Crippen molar-refractivity contribution in [3.05, 3.63) is 0 Å². The molecule has 1 aliphatic heterocycles. The Morgan fingerprint density at radius 2 is 1.73 bits per heavy atom. The van der Waals surface area contributed by atoms with E-state index in [2.05, 4.69) is 28.8 Å². The van der Waals surface area contributed by atoms with Crippen LogP contribution in [0.25, 0.3) is 0 Å². The lowest BCUT2D eigenvalue weighted by molar-refractivity contribution is -0.269. The van der Waals surface area contributed by atoms with Crippen molar-refractivity contribution in [2.75, 3.05) is 53.5 Å². The molecule has 0 radical (unpaired) electrons. The Morgan fingerprint density at radius 3 is 2.49 bits per heavy atom. The lowest BCUT2D eigenvalue weighted by Gasteiger charge is -2.64. The number of aliphatic hydroxyl groups is 2. The monoisotopic (exact) mass is 519 g/mol. The van der Waals surface area contributed by atoms with Crippen LogP contribution in [0.15, 0.2) is 5.16 Å². The Morgan fingerprint density at radius 1 is 0.946 bits per heavy atom. The number of nitrogens with zero attached hydrogens (tertiary/aromatic N) is 3. The minimum atomic E-state index is -0.974. The molecule has 7 nitrogen and oxygen atoms in total. The van der Waals surface area contributed by atoms with E-state index in [0.717, 1.165) is 70.9 Å². The van der Waals surface area contributed by atoms with Crippen molar-refractivity contribution >= 4 is 6.21 Å². The zero-order valence-electron chi connectivity index (χ0n) is 24.0. The first kappa shape index (κ1) is 27.8. The minimum Gasteiger partial charge on any atom is -0.395 e. The molecule has 212 valence electrons. The van der Waals surface area contributed by atoms with Gasteiger partial charge in [-0.15, -0.1) is 0 Å². The van der Waals surface area contributed by atoms with E-state index in [9.17, 15) is 10.2 Å². The Kier molecular flexibility index (Phi) is 8.03. The molecule has 5 aliphatic rings. The van der Waals surface area contributed by atoms with E-state index in [-0.39, 0.29) is 16.7 Å². The maximum absolute atomic E-state index is 12.4. The second-order valence-corrected chi connectivity index (χ2v) is 14.0. The van der Waals surface area contributed by atoms with Gasteiger partial charge in [-0.05, 0) is 108 Å². The molecule has 0 unspecified atom stereocenters. The molecule has 1 saturated heterocycles. The van der Waals surface area contributed by atoms with Crippen LogP contribution in [0.3, 0.4) is 0 Å². The van der Waals surface area contributed by atoms with Gasteiger partial charge in [0.25, 0.3) is 0 Å². The quantitative estimate of drug-likeness (QED) is 0.207. The van der Waals surface area contributed by atoms with E-state index in [1.165, 1.54) is 25.9 Å². The third kappa shape index (κ3) is 5.13. The van der Waals surface area contributed by atoms with Crippen LogP contribution in [0.5, 0.6) is 0 Å². The molecule has 5 rings (SSSR count). The average Bonchev–Trinajstić information content (AvgIpc) is 3.46. The lowest BCUT2D eigenvalue weighted by Crippen LogP contribution is -2.63. The summed E-state index contributed by atoms with van der Waals surface area (Å²) in [7, 11) is 4.07. The van der Waals surface area contributed by atoms with Crippen molar-refractivity contribution in [1.82, 2.24) is 9.80 Å². The van der Waals surface area contributed by atoms with Gasteiger partial charge in [0.1, 0.15) is 6.61 Å². The summed E-state index contributed by atoms with van der Waals surface area (Å²) in [6.07, 6.45) is 13.2. The smallest absolute Gasteiger partial charge is 0.165 e. The van der Waals surface area contributed by atoms with E-state index in [1.807, 2.05) is 20.3 Å². The van der Waals surface area contributed by atoms with E-state index in [0.29, 0.717) is 31.0 Å². The van der Waals surface area contributed by atoms with Crippen LogP contribution >= 0.6 is 0 Å². The number of ether oxygens (including phenoxy) is 1. The van der Waals surface area contributed by atoms with Gasteiger partial charge in [0.15, 0.2) is 5.79 Å². The van der Waals surface area contributed by atoms with Crippen molar-refractivity contribution in [3.8, 4) is 0 Å². The van der Waals surface area contributed by atoms with Crippen molar-refractivity contribution in [1.29, 1.82) is 0 Å². The highest BCUT2D eigenvalue weighted by molar-refractivity contribution is 5.63. The SMILES string of the molecule is CN(C)CCO/N=C/[C@H]1CC[C@]2(O)[C@@H]3CC[C@@H]4C[C@](O)(OCCN5CCCC5)CC[C@]4(C)[C@H]3CC[C@]12C. The lowest BCUT2D eigenvalue weighted by atomic mass is 9.43. The molecular formula is C30H53N3O4. The molecule has 1 heterocycles. The second kappa shape index (κ2) is 10.7. The summed E-state index contributed by atoms with van der Waals surface area (Å²) >= 11 is 0. The van der Waals surface area contributed by atoms with E-state index >= 15 is 0 Å². The largest absolute Gasteiger partial charge is 0.395 e. The third-order valence-corrected chi connectivity index (χ3v) is 11.9. The molecule has 7 heteroatoms. The molecule has 0 aromatic rings. The molecule has 0 bridgehead atoms. The van der Waals surface area contributed by atoms with Gasteiger partial charge in [0.2, 0.25) is 0 Å². The fourth-order valence-corrected chi connectivity index (χ4v) is 9.35. The number of fused-ring (bicyclic) bond motifs is 5. The second-order valence-electron chi connectivity index (χ2n) is 14.0. The van der Waals surface area contributed by atoms with Crippen LogP contribution in [0.2, 0.25) is 0 Å². The van der Waals surface area contributed by atoms with Crippen LogP contribution in [-0.4, -0.2) is 91.1 Å². The maximum Gasteiger partial charge on any atom is 0.165 e. The van der Waals surface area contributed by atoms with Gasteiger partial charge in [-0.2, -0.15) is 0 Å². The van der Waals surface area contributed by atoms with Gasteiger partial charge in [0, 0.05) is 43.5 Å². The zero-order valence-corrected chi connectivity index (χ0v) is 24.0. The van der Waals surface area contributed by atoms with Crippen LogP contribution in [0, 0.1) is 34.5 Å². The molecule has 0 aromatic heterocycles. The summed E-state index contributed by atoms with van der Waals surface area (Å²) in [5.41, 5.74) is -0.601. The Bertz CT molecular complexity index is 819. The highest BCUT2D eigenvalue weighted by Gasteiger charge is 2.67. The van der Waals surface area contributed by atoms with Crippen molar-refractivity contribution in [2.45, 2.75) is 95.9 Å². The first-order chi connectivity index (χ1) is 17.6. The normalized spacial score (nSPS) is 46.2. The van der Waals surface area contributed by atoms with E-state index in [1.54, 1.807) is 0 Å². The van der Waals surface area contributed by atoms with E-state index in [4.69, 9.17) is 9.57 Å². The summed E-state index contributed by atoms with van der Waals surface area (Å²) in [5, 5.41) is 28.1. The number of hydrogen-bond donors (Lipinski definition) is 2. The van der Waals surface area contributed by atoms with Crippen molar-refractivity contribution in [3.63, 3.8) is 0 Å². The van der Waals surface area contributed by atoms with Crippen LogP contribution in [0.4, 0.5) is 0 Å². The van der Waals surface area contributed by atoms with Crippen molar-refractivity contribution < 1.29 is 19.8 Å². The molecule has 0 amide bonds. The van der Waals surface area contributed by atoms with Gasteiger partial charge in [-0.1, -0.05) is 19.0 Å². The maximum atomic E-state index is 12.4. The standard InChI is InChI=1S/C30H53N3O4/c1-27-13-14-29(34,36-19-18-33-15-5-6-16-33)21-23(27)7-8-26-25(27)10-11-28(2)24(9-12-30(26,28)35)22-31-37-20-17-32(3)4/h22-26,34-35H,5-21H2,1-4H3/b31-22+/t23-,24-,25+,26-,27+,28-,29-,30+/m1/s1. The molecule has 4 aliphatic carbocycles. The number of oxime groups is 1. The number of likely N-dealkylation sites (N-methyl/N-ethyl adjacent to an activating group) is 1. The summed E-state index contributed by atoms with van der Waals surface area (Å²) in [6, 6.07) is 0. The van der Waals surface area contributed by atoms with Crippen LogP contribution < -0.4 is 0 Å². The Hall–Kier alpha value is -0.730. The van der Waals surface area contributed by atoms with Crippen LogP contribution in [0.1, 0.15) is 84.5 Å². The molecule has 2 N–H and O–H groups in total. The van der Waals surface area contributed by atoms with E-state index < -0.39 is 11.4 Å². The van der Waals surface area contributed by atoms with Gasteiger partial charge in [-0.25, -0.2) is 0 Å². The number of likely N-dealkylation sites (tertiary alicyclic amines) is 1. The molecular weight excluding hydrogens is 466 g/mol. The predicted octanol–water partition coefficient (Wildman–Crippen LogP) is 4.13. The third-order valence-electron chi connectivity index (χ3n) is 11.9. The Balaban J connectivity index is 1.21. The highest BCUT2D eigenvalue weighted by atomic mass is 16.6. The average molecular weight is 520 g/mol.